The molecule has 1 fully saturated rings. The van der Waals surface area contributed by atoms with Crippen molar-refractivity contribution in [3.05, 3.63) is 70.7 Å². The van der Waals surface area contributed by atoms with E-state index in [4.69, 9.17) is 21.4 Å². The molecule has 0 spiro atoms. The molecule has 0 aliphatic carbocycles. The highest BCUT2D eigenvalue weighted by molar-refractivity contribution is 6.31. The Bertz CT molecular complexity index is 995. The standard InChI is InChI=1S/C25H28ClN3O3/c1-2-32-25(31)19-11-8-14-28(16-19)17-24(30)29-23(20-12-6-7-13-21(20)26)15-22(27-29)18-9-4-3-5-10-18/h3-7,9-10,12-13,19,23H,2,8,11,14-17H2,1H3/t19-,23+/m0/s1. The van der Waals surface area contributed by atoms with Gasteiger partial charge < -0.3 is 4.74 Å². The van der Waals surface area contributed by atoms with Gasteiger partial charge in [0, 0.05) is 18.0 Å². The fourth-order valence-electron chi connectivity index (χ4n) is 4.45. The lowest BCUT2D eigenvalue weighted by Gasteiger charge is -2.32. The van der Waals surface area contributed by atoms with Crippen LogP contribution in [0.2, 0.25) is 5.02 Å². The highest BCUT2D eigenvalue weighted by Crippen LogP contribution is 2.36. The molecule has 0 saturated carbocycles. The number of carbonyl (C=O) groups excluding carboxylic acids is 2. The molecule has 0 bridgehead atoms. The molecule has 0 radical (unpaired) electrons. The monoisotopic (exact) mass is 453 g/mol. The van der Waals surface area contributed by atoms with E-state index < -0.39 is 0 Å². The van der Waals surface area contributed by atoms with Crippen LogP contribution in [0.5, 0.6) is 0 Å². The number of likely N-dealkylation sites (tertiary alicyclic amines) is 1. The average molecular weight is 454 g/mol. The number of benzene rings is 2. The van der Waals surface area contributed by atoms with Gasteiger partial charge in [-0.1, -0.05) is 60.1 Å². The maximum absolute atomic E-state index is 13.4. The lowest BCUT2D eigenvalue weighted by Crippen LogP contribution is -2.44. The lowest BCUT2D eigenvalue weighted by molar-refractivity contribution is -0.150. The molecule has 2 aromatic carbocycles. The number of esters is 1. The molecule has 4 rings (SSSR count). The summed E-state index contributed by atoms with van der Waals surface area (Å²) in [6, 6.07) is 17.3. The molecule has 2 atom stereocenters. The van der Waals surface area contributed by atoms with Crippen LogP contribution in [0.3, 0.4) is 0 Å². The van der Waals surface area contributed by atoms with Crippen molar-refractivity contribution in [2.45, 2.75) is 32.2 Å². The van der Waals surface area contributed by atoms with Crippen LogP contribution >= 0.6 is 11.6 Å². The fourth-order valence-corrected chi connectivity index (χ4v) is 4.71. The van der Waals surface area contributed by atoms with E-state index in [-0.39, 0.29) is 30.4 Å². The Morgan fingerprint density at radius 2 is 1.88 bits per heavy atom. The lowest BCUT2D eigenvalue weighted by atomic mass is 9.97. The number of rotatable bonds is 6. The minimum atomic E-state index is -0.253. The molecule has 2 heterocycles. The number of hydrogen-bond donors (Lipinski definition) is 0. The minimum Gasteiger partial charge on any atom is -0.466 e. The number of ether oxygens (including phenoxy) is 1. The second kappa shape index (κ2) is 10.3. The Labute approximate surface area is 193 Å². The first-order chi connectivity index (χ1) is 15.6. The molecule has 168 valence electrons. The molecule has 2 aromatic rings. The predicted molar refractivity (Wildman–Crippen MR) is 124 cm³/mol. The van der Waals surface area contributed by atoms with Crippen LogP contribution in [0.15, 0.2) is 59.7 Å². The van der Waals surface area contributed by atoms with Gasteiger partial charge in [0.15, 0.2) is 0 Å². The summed E-state index contributed by atoms with van der Waals surface area (Å²) in [4.78, 5) is 27.6. The summed E-state index contributed by atoms with van der Waals surface area (Å²) in [6.45, 7) is 3.71. The molecular weight excluding hydrogens is 426 g/mol. The summed E-state index contributed by atoms with van der Waals surface area (Å²) in [5.41, 5.74) is 2.76. The summed E-state index contributed by atoms with van der Waals surface area (Å²) in [6.07, 6.45) is 2.26. The van der Waals surface area contributed by atoms with E-state index in [1.165, 1.54) is 0 Å². The first-order valence-electron chi connectivity index (χ1n) is 11.1. The summed E-state index contributed by atoms with van der Waals surface area (Å²) < 4.78 is 5.19. The third kappa shape index (κ3) is 5.03. The van der Waals surface area contributed by atoms with Gasteiger partial charge in [-0.05, 0) is 43.5 Å². The van der Waals surface area contributed by atoms with Crippen LogP contribution in [0.1, 0.15) is 43.4 Å². The van der Waals surface area contributed by atoms with E-state index in [1.807, 2.05) is 66.4 Å². The molecule has 0 unspecified atom stereocenters. The Morgan fingerprint density at radius 3 is 2.62 bits per heavy atom. The van der Waals surface area contributed by atoms with Gasteiger partial charge in [-0.15, -0.1) is 0 Å². The highest BCUT2D eigenvalue weighted by atomic mass is 35.5. The number of piperidine rings is 1. The van der Waals surface area contributed by atoms with E-state index in [1.54, 1.807) is 5.01 Å². The molecule has 0 aromatic heterocycles. The van der Waals surface area contributed by atoms with Crippen molar-refractivity contribution in [3.63, 3.8) is 0 Å². The molecular formula is C25H28ClN3O3. The van der Waals surface area contributed by atoms with Crippen molar-refractivity contribution >= 4 is 29.2 Å². The molecule has 1 amide bonds. The summed E-state index contributed by atoms with van der Waals surface area (Å²) in [7, 11) is 0. The average Bonchev–Trinajstić information content (AvgIpc) is 3.26. The van der Waals surface area contributed by atoms with Crippen molar-refractivity contribution < 1.29 is 14.3 Å². The smallest absolute Gasteiger partial charge is 0.310 e. The van der Waals surface area contributed by atoms with Gasteiger partial charge in [0.1, 0.15) is 0 Å². The number of nitrogens with zero attached hydrogens (tertiary/aromatic N) is 3. The normalized spacial score (nSPS) is 21.3. The van der Waals surface area contributed by atoms with E-state index in [0.717, 1.165) is 36.2 Å². The molecule has 0 N–H and O–H groups in total. The molecule has 6 nitrogen and oxygen atoms in total. The van der Waals surface area contributed by atoms with Gasteiger partial charge in [-0.2, -0.15) is 5.10 Å². The van der Waals surface area contributed by atoms with Crippen molar-refractivity contribution in [1.29, 1.82) is 0 Å². The highest BCUT2D eigenvalue weighted by Gasteiger charge is 2.36. The zero-order valence-electron chi connectivity index (χ0n) is 18.2. The van der Waals surface area contributed by atoms with Crippen molar-refractivity contribution in [3.8, 4) is 0 Å². The largest absolute Gasteiger partial charge is 0.466 e. The van der Waals surface area contributed by atoms with Crippen LogP contribution in [0.25, 0.3) is 0 Å². The Balaban J connectivity index is 1.54. The molecule has 2 aliphatic heterocycles. The maximum atomic E-state index is 13.4. The van der Waals surface area contributed by atoms with Gasteiger partial charge in [-0.3, -0.25) is 14.5 Å². The maximum Gasteiger partial charge on any atom is 0.310 e. The van der Waals surface area contributed by atoms with Gasteiger partial charge in [0.25, 0.3) is 5.91 Å². The third-order valence-corrected chi connectivity index (χ3v) is 6.37. The van der Waals surface area contributed by atoms with Crippen LogP contribution in [0, 0.1) is 5.92 Å². The van der Waals surface area contributed by atoms with E-state index >= 15 is 0 Å². The summed E-state index contributed by atoms with van der Waals surface area (Å²) in [5.74, 6) is -0.452. The number of amides is 1. The van der Waals surface area contributed by atoms with Gasteiger partial charge in [0.05, 0.1) is 30.8 Å². The number of hydrogen-bond acceptors (Lipinski definition) is 5. The molecule has 7 heteroatoms. The zero-order valence-corrected chi connectivity index (χ0v) is 19.0. The van der Waals surface area contributed by atoms with Crippen molar-refractivity contribution in [2.24, 2.45) is 11.0 Å². The number of carbonyl (C=O) groups is 2. The first kappa shape index (κ1) is 22.5. The second-order valence-electron chi connectivity index (χ2n) is 8.22. The predicted octanol–water partition coefficient (Wildman–Crippen LogP) is 4.29. The first-order valence-corrected chi connectivity index (χ1v) is 11.5. The van der Waals surface area contributed by atoms with Gasteiger partial charge >= 0.3 is 5.97 Å². The topological polar surface area (TPSA) is 62.2 Å². The third-order valence-electron chi connectivity index (χ3n) is 6.02. The molecule has 1 saturated heterocycles. The zero-order chi connectivity index (χ0) is 22.5. The number of halogens is 1. The molecule has 2 aliphatic rings. The second-order valence-corrected chi connectivity index (χ2v) is 8.63. The Kier molecular flexibility index (Phi) is 7.22. The van der Waals surface area contributed by atoms with Crippen molar-refractivity contribution in [1.82, 2.24) is 9.91 Å². The Hall–Kier alpha value is -2.70. The van der Waals surface area contributed by atoms with Crippen LogP contribution in [-0.2, 0) is 14.3 Å². The van der Waals surface area contributed by atoms with E-state index in [0.29, 0.717) is 24.6 Å². The van der Waals surface area contributed by atoms with Gasteiger partial charge in [-0.25, -0.2) is 5.01 Å². The van der Waals surface area contributed by atoms with E-state index in [2.05, 4.69) is 0 Å². The van der Waals surface area contributed by atoms with Crippen molar-refractivity contribution in [2.75, 3.05) is 26.2 Å². The van der Waals surface area contributed by atoms with Crippen LogP contribution in [0.4, 0.5) is 0 Å². The van der Waals surface area contributed by atoms with Gasteiger partial charge in [0.2, 0.25) is 0 Å². The fraction of sp³-hybridized carbons (Fsp3) is 0.400. The minimum absolute atomic E-state index is 0.0923. The van der Waals surface area contributed by atoms with Crippen LogP contribution < -0.4 is 0 Å². The van der Waals surface area contributed by atoms with E-state index in [9.17, 15) is 9.59 Å². The SMILES string of the molecule is CCOC(=O)[C@H]1CCCN(CC(=O)N2N=C(c3ccccc3)C[C@@H]2c2ccccc2Cl)C1. The summed E-state index contributed by atoms with van der Waals surface area (Å²) >= 11 is 6.49. The quantitative estimate of drug-likeness (QED) is 0.612. The number of hydrazone groups is 1. The Morgan fingerprint density at radius 1 is 1.12 bits per heavy atom. The summed E-state index contributed by atoms with van der Waals surface area (Å²) in [5, 5.41) is 6.94. The van der Waals surface area contributed by atoms with Crippen LogP contribution in [-0.4, -0.2) is 53.7 Å². The molecule has 32 heavy (non-hydrogen) atoms.